The van der Waals surface area contributed by atoms with Crippen LogP contribution in [0.4, 0.5) is 0 Å². The first-order chi connectivity index (χ1) is 18.4. The lowest BCUT2D eigenvalue weighted by atomic mass is 9.88. The molecule has 0 unspecified atom stereocenters. The molecule has 0 atom stereocenters. The summed E-state index contributed by atoms with van der Waals surface area (Å²) < 4.78 is 6.07. The largest absolute Gasteiger partial charge is 0.488 e. The van der Waals surface area contributed by atoms with Crippen LogP contribution in [-0.4, -0.2) is 39.1 Å². The van der Waals surface area contributed by atoms with Crippen molar-refractivity contribution in [3.8, 4) is 5.75 Å². The second-order valence-corrected chi connectivity index (χ2v) is 11.0. The fourth-order valence-corrected chi connectivity index (χ4v) is 4.71. The minimum absolute atomic E-state index is 0.0233. The van der Waals surface area contributed by atoms with Crippen LogP contribution in [0.3, 0.4) is 0 Å². The molecule has 0 saturated carbocycles. The number of carbonyl (C=O) groups is 1. The fourth-order valence-electron chi connectivity index (χ4n) is 4.71. The second-order valence-electron chi connectivity index (χ2n) is 11.0. The Bertz CT molecular complexity index is 1140. The Labute approximate surface area is 235 Å². The number of ether oxygens (including phenoxy) is 1. The van der Waals surface area contributed by atoms with Crippen LogP contribution in [-0.2, 0) is 24.2 Å². The average Bonchev–Trinajstić information content (AvgIpc) is 3.27. The van der Waals surface area contributed by atoms with Crippen LogP contribution in [0.1, 0.15) is 90.0 Å². The molecule has 7 heteroatoms. The van der Waals surface area contributed by atoms with Crippen molar-refractivity contribution in [3.05, 3.63) is 71.3 Å². The summed E-state index contributed by atoms with van der Waals surface area (Å²) >= 11 is 0. The van der Waals surface area contributed by atoms with Gasteiger partial charge in [0.05, 0.1) is 24.6 Å². The lowest BCUT2D eigenvalue weighted by molar-refractivity contribution is -0.130. The van der Waals surface area contributed by atoms with Gasteiger partial charge in [-0.2, -0.15) is 0 Å². The van der Waals surface area contributed by atoms with Crippen LogP contribution >= 0.6 is 0 Å². The third-order valence-electron chi connectivity index (χ3n) is 6.93. The molecule has 39 heavy (non-hydrogen) atoms. The fraction of sp³-hybridized carbons (Fsp3) is 0.500. The number of aliphatic hydroxyl groups is 1. The summed E-state index contributed by atoms with van der Waals surface area (Å²) in [5, 5.41) is 9.25. The Hall–Kier alpha value is -3.32. The van der Waals surface area contributed by atoms with E-state index in [1.54, 1.807) is 0 Å². The monoisotopic (exact) mass is 536 g/mol. The number of aliphatic imine (C=N–C) groups is 1. The molecule has 1 aliphatic heterocycles. The number of fused-ring (bicyclic) bond motifs is 1. The van der Waals surface area contributed by atoms with Crippen LogP contribution in [0.2, 0.25) is 0 Å². The number of guanidine groups is 1. The first kappa shape index (κ1) is 31.9. The molecule has 1 heterocycles. The maximum Gasteiger partial charge on any atom is 0.232 e. The number of carbonyl (C=O) groups excluding carboxylic acids is 1. The van der Waals surface area contributed by atoms with Crippen molar-refractivity contribution in [2.75, 3.05) is 0 Å². The van der Waals surface area contributed by atoms with Gasteiger partial charge in [-0.25, -0.2) is 4.99 Å². The molecule has 4 rings (SSSR count). The van der Waals surface area contributed by atoms with Crippen LogP contribution < -0.4 is 16.2 Å². The van der Waals surface area contributed by atoms with Gasteiger partial charge in [0.1, 0.15) is 11.4 Å². The standard InChI is InChI=1S/C21H32N4O2.C9H10O.C2H6/c1-7-21(8-2)12-18(26)25(19(23)24-21)13-16-11-15(14(3)22)9-10-17(16)27-20(4,5)6;10-9-5-7-3-1-2-4-8(7)6-9;1-2/h9-11H,3,7-8,12-13,22H2,1-2,4-6H3,(H2,23,24);1-4,9-10H,5-6H2;1-2H3. The van der Waals surface area contributed by atoms with Gasteiger partial charge in [0.25, 0.3) is 0 Å². The minimum atomic E-state index is -0.393. The molecule has 0 spiro atoms. The first-order valence-electron chi connectivity index (χ1n) is 14.0. The number of hydrogen-bond acceptors (Lipinski definition) is 6. The number of nitrogens with two attached hydrogens (primary N) is 2. The summed E-state index contributed by atoms with van der Waals surface area (Å²) in [6.45, 7) is 18.1. The average molecular weight is 537 g/mol. The van der Waals surface area contributed by atoms with Gasteiger partial charge in [0.2, 0.25) is 5.91 Å². The van der Waals surface area contributed by atoms with Crippen LogP contribution in [0, 0.1) is 0 Å². The normalized spacial score (nSPS) is 16.3. The molecule has 214 valence electrons. The highest BCUT2D eigenvalue weighted by molar-refractivity contribution is 5.99. The van der Waals surface area contributed by atoms with E-state index in [0.29, 0.717) is 17.9 Å². The van der Waals surface area contributed by atoms with E-state index in [1.807, 2.05) is 78.8 Å². The molecular weight excluding hydrogens is 488 g/mol. The SMILES string of the molecule is C=C(N)c1ccc(OC(C)(C)C)c(CN2C(=O)CC(CC)(CC)N=C2N)c1.CC.OC1Cc2ccccc2C1. The Morgan fingerprint density at radius 1 is 1.13 bits per heavy atom. The van der Waals surface area contributed by atoms with E-state index in [1.165, 1.54) is 16.0 Å². The summed E-state index contributed by atoms with van der Waals surface area (Å²) in [4.78, 5) is 19.0. The maximum atomic E-state index is 12.8. The number of aliphatic hydroxyl groups excluding tert-OH is 1. The van der Waals surface area contributed by atoms with Gasteiger partial charge in [-0.3, -0.25) is 9.69 Å². The topological polar surface area (TPSA) is 114 Å². The van der Waals surface area contributed by atoms with Crippen LogP contribution in [0.5, 0.6) is 5.75 Å². The first-order valence-corrected chi connectivity index (χ1v) is 14.0. The quantitative estimate of drug-likeness (QED) is 0.446. The van der Waals surface area contributed by atoms with E-state index in [-0.39, 0.29) is 30.1 Å². The summed E-state index contributed by atoms with van der Waals surface area (Å²) in [6.07, 6.45) is 3.48. The van der Waals surface area contributed by atoms with Gasteiger partial charge in [-0.05, 0) is 81.3 Å². The molecule has 5 N–H and O–H groups in total. The van der Waals surface area contributed by atoms with Gasteiger partial charge < -0.3 is 21.3 Å². The zero-order valence-electron chi connectivity index (χ0n) is 24.9. The van der Waals surface area contributed by atoms with E-state index in [4.69, 9.17) is 16.2 Å². The smallest absolute Gasteiger partial charge is 0.232 e. The zero-order valence-corrected chi connectivity index (χ0v) is 24.9. The summed E-state index contributed by atoms with van der Waals surface area (Å²) in [5.74, 6) is 0.925. The van der Waals surface area contributed by atoms with E-state index in [9.17, 15) is 9.90 Å². The minimum Gasteiger partial charge on any atom is -0.488 e. The van der Waals surface area contributed by atoms with E-state index < -0.39 is 5.54 Å². The summed E-state index contributed by atoms with van der Waals surface area (Å²) in [6, 6.07) is 13.8. The summed E-state index contributed by atoms with van der Waals surface area (Å²) in [7, 11) is 0. The number of benzene rings is 2. The van der Waals surface area contributed by atoms with Gasteiger partial charge in [0.15, 0.2) is 5.96 Å². The van der Waals surface area contributed by atoms with E-state index in [0.717, 1.165) is 36.8 Å². The second kappa shape index (κ2) is 13.7. The van der Waals surface area contributed by atoms with Gasteiger partial charge in [0, 0.05) is 11.3 Å². The Morgan fingerprint density at radius 2 is 1.69 bits per heavy atom. The number of nitrogens with zero attached hydrogens (tertiary/aromatic N) is 2. The molecule has 1 amide bonds. The molecule has 2 aliphatic rings. The highest BCUT2D eigenvalue weighted by Crippen LogP contribution is 2.32. The molecule has 2 aromatic carbocycles. The Morgan fingerprint density at radius 3 is 2.15 bits per heavy atom. The number of rotatable bonds is 6. The molecule has 0 bridgehead atoms. The zero-order chi connectivity index (χ0) is 29.4. The van der Waals surface area contributed by atoms with E-state index >= 15 is 0 Å². The van der Waals surface area contributed by atoms with Crippen molar-refractivity contribution in [2.45, 2.75) is 104 Å². The van der Waals surface area contributed by atoms with E-state index in [2.05, 4.69) is 23.7 Å². The summed E-state index contributed by atoms with van der Waals surface area (Å²) in [5.41, 5.74) is 16.0. The Balaban J connectivity index is 0.000000365. The maximum absolute atomic E-state index is 12.8. The molecule has 7 nitrogen and oxygen atoms in total. The van der Waals surface area contributed by atoms with Crippen LogP contribution in [0.15, 0.2) is 54.0 Å². The molecule has 2 aromatic rings. The van der Waals surface area contributed by atoms with Crippen molar-refractivity contribution < 1.29 is 14.6 Å². The number of hydrogen-bond donors (Lipinski definition) is 3. The Kier molecular flexibility index (Phi) is 11.2. The third-order valence-corrected chi connectivity index (χ3v) is 6.93. The molecule has 0 saturated heterocycles. The van der Waals surface area contributed by atoms with Gasteiger partial charge in [-0.1, -0.05) is 58.5 Å². The third kappa shape index (κ3) is 8.59. The highest BCUT2D eigenvalue weighted by Gasteiger charge is 2.37. The van der Waals surface area contributed by atoms with Crippen LogP contribution in [0.25, 0.3) is 5.70 Å². The molecule has 0 aromatic heterocycles. The van der Waals surface area contributed by atoms with Gasteiger partial charge in [-0.15, -0.1) is 0 Å². The van der Waals surface area contributed by atoms with Crippen molar-refractivity contribution in [1.82, 2.24) is 4.90 Å². The molecule has 0 radical (unpaired) electrons. The highest BCUT2D eigenvalue weighted by atomic mass is 16.5. The predicted octanol–water partition coefficient (Wildman–Crippen LogP) is 5.57. The van der Waals surface area contributed by atoms with Crippen molar-refractivity contribution in [2.24, 2.45) is 16.5 Å². The van der Waals surface area contributed by atoms with Gasteiger partial charge >= 0.3 is 0 Å². The lowest BCUT2D eigenvalue weighted by Gasteiger charge is -2.36. The van der Waals surface area contributed by atoms with Crippen molar-refractivity contribution in [3.63, 3.8) is 0 Å². The predicted molar refractivity (Wildman–Crippen MR) is 161 cm³/mol. The molecule has 0 fully saturated rings. The van der Waals surface area contributed by atoms with Crippen molar-refractivity contribution >= 4 is 17.6 Å². The van der Waals surface area contributed by atoms with Crippen molar-refractivity contribution in [1.29, 1.82) is 0 Å². The molecular formula is C32H48N4O3. The number of amides is 1. The lowest BCUT2D eigenvalue weighted by Crippen LogP contribution is -2.50. The molecule has 1 aliphatic carbocycles.